The molecule has 0 unspecified atom stereocenters. The summed E-state index contributed by atoms with van der Waals surface area (Å²) in [6.07, 6.45) is 0. The molecule has 0 saturated heterocycles. The Bertz CT molecular complexity index is 694. The van der Waals surface area contributed by atoms with Gasteiger partial charge in [-0.05, 0) is 50.6 Å². The van der Waals surface area contributed by atoms with E-state index < -0.39 is 12.8 Å². The summed E-state index contributed by atoms with van der Waals surface area (Å²) in [5.41, 5.74) is 1.91. The normalized spacial score (nSPS) is 12.9. The van der Waals surface area contributed by atoms with Crippen LogP contribution in [-0.4, -0.2) is 14.8 Å². The molecule has 0 fully saturated rings. The van der Waals surface area contributed by atoms with Crippen LogP contribution in [0.15, 0.2) is 24.3 Å². The zero-order valence-corrected chi connectivity index (χ0v) is 12.5. The average molecular weight is 300 g/mol. The Morgan fingerprint density at radius 3 is 2.47 bits per heavy atom. The maximum absolute atomic E-state index is 11.6. The third-order valence-corrected chi connectivity index (χ3v) is 5.29. The smallest absolute Gasteiger partial charge is 0.324 e. The van der Waals surface area contributed by atoms with Gasteiger partial charge >= 0.3 is 7.60 Å². The van der Waals surface area contributed by atoms with Crippen molar-refractivity contribution >= 4 is 30.1 Å². The van der Waals surface area contributed by atoms with Crippen LogP contribution in [0.3, 0.4) is 0 Å². The van der Waals surface area contributed by atoms with E-state index in [4.69, 9.17) is 11.6 Å². The van der Waals surface area contributed by atoms with Crippen molar-refractivity contribution in [2.45, 2.75) is 25.9 Å². The first-order valence-corrected chi connectivity index (χ1v) is 7.75. The molecular formula is C13H15ClNO3P. The molecule has 1 aromatic carbocycles. The van der Waals surface area contributed by atoms with Crippen molar-refractivity contribution in [2.24, 2.45) is 0 Å². The molecule has 2 rings (SSSR count). The van der Waals surface area contributed by atoms with E-state index in [2.05, 4.69) is 4.98 Å². The first-order chi connectivity index (χ1) is 8.63. The molecule has 0 aliphatic carbocycles. The number of fused-ring (bicyclic) bond motifs is 1. The molecule has 19 heavy (non-hydrogen) atoms. The fourth-order valence-corrected chi connectivity index (χ4v) is 2.74. The zero-order chi connectivity index (χ0) is 14.4. The van der Waals surface area contributed by atoms with E-state index >= 15 is 0 Å². The number of hydrogen-bond acceptors (Lipinski definition) is 2. The predicted octanol–water partition coefficient (Wildman–Crippen LogP) is 3.61. The van der Waals surface area contributed by atoms with Crippen molar-refractivity contribution in [3.8, 4) is 0 Å². The Morgan fingerprint density at radius 2 is 1.89 bits per heavy atom. The van der Waals surface area contributed by atoms with Crippen LogP contribution >= 0.6 is 19.2 Å². The summed E-state index contributed by atoms with van der Waals surface area (Å²) in [7, 11) is -4.28. The summed E-state index contributed by atoms with van der Waals surface area (Å²) >= 11 is 5.93. The molecular weight excluding hydrogens is 285 g/mol. The maximum atomic E-state index is 11.6. The molecule has 0 spiro atoms. The second-order valence-corrected chi connectivity index (χ2v) is 7.70. The number of hydrogen-bond donors (Lipinski definition) is 2. The van der Waals surface area contributed by atoms with Gasteiger partial charge < -0.3 is 9.79 Å². The van der Waals surface area contributed by atoms with E-state index in [0.717, 1.165) is 10.9 Å². The van der Waals surface area contributed by atoms with Crippen LogP contribution in [0.1, 0.15) is 25.1 Å². The van der Waals surface area contributed by atoms with Gasteiger partial charge in [0.1, 0.15) is 0 Å². The summed E-state index contributed by atoms with van der Waals surface area (Å²) in [5, 5.41) is 0.0633. The van der Waals surface area contributed by atoms with Gasteiger partial charge in [0.05, 0.1) is 10.7 Å². The Morgan fingerprint density at radius 1 is 1.26 bits per heavy atom. The average Bonchev–Trinajstić information content (AvgIpc) is 2.27. The molecule has 0 amide bonds. The highest BCUT2D eigenvalue weighted by Crippen LogP contribution is 2.57. The minimum Gasteiger partial charge on any atom is -0.324 e. The molecule has 2 aromatic rings. The lowest BCUT2D eigenvalue weighted by Gasteiger charge is -2.27. The van der Waals surface area contributed by atoms with Crippen LogP contribution in [0.4, 0.5) is 0 Å². The third kappa shape index (κ3) is 2.54. The van der Waals surface area contributed by atoms with Crippen LogP contribution in [0.25, 0.3) is 10.9 Å². The third-order valence-electron chi connectivity index (χ3n) is 3.35. The molecule has 1 heterocycles. The van der Waals surface area contributed by atoms with Gasteiger partial charge in [-0.25, -0.2) is 0 Å². The molecule has 4 nitrogen and oxygen atoms in total. The number of aromatic nitrogens is 1. The summed E-state index contributed by atoms with van der Waals surface area (Å²) in [5.74, 6) is 0. The van der Waals surface area contributed by atoms with Crippen LogP contribution in [-0.2, 0) is 9.72 Å². The lowest BCUT2D eigenvalue weighted by molar-refractivity contribution is 0.337. The van der Waals surface area contributed by atoms with Gasteiger partial charge in [0, 0.05) is 16.1 Å². The van der Waals surface area contributed by atoms with Crippen molar-refractivity contribution in [1.82, 2.24) is 4.98 Å². The van der Waals surface area contributed by atoms with Crippen molar-refractivity contribution in [3.63, 3.8) is 0 Å². The zero-order valence-electron chi connectivity index (χ0n) is 10.9. The molecule has 0 bridgehead atoms. The highest BCUT2D eigenvalue weighted by molar-refractivity contribution is 7.53. The van der Waals surface area contributed by atoms with E-state index in [9.17, 15) is 14.4 Å². The molecule has 0 saturated carbocycles. The fourth-order valence-electron chi connectivity index (χ4n) is 2.02. The van der Waals surface area contributed by atoms with Crippen LogP contribution in [0, 0.1) is 6.92 Å². The second-order valence-electron chi connectivity index (χ2n) is 5.06. The molecule has 0 atom stereocenters. The predicted molar refractivity (Wildman–Crippen MR) is 76.6 cm³/mol. The largest absolute Gasteiger partial charge is 0.335 e. The molecule has 6 heteroatoms. The lowest BCUT2D eigenvalue weighted by atomic mass is 9.99. The maximum Gasteiger partial charge on any atom is 0.335 e. The first-order valence-electron chi connectivity index (χ1n) is 5.76. The van der Waals surface area contributed by atoms with E-state index in [1.54, 1.807) is 31.2 Å². The van der Waals surface area contributed by atoms with E-state index in [-0.39, 0.29) is 0 Å². The molecule has 0 radical (unpaired) electrons. The van der Waals surface area contributed by atoms with Gasteiger partial charge in [-0.3, -0.25) is 9.55 Å². The van der Waals surface area contributed by atoms with Gasteiger partial charge in [-0.15, -0.1) is 0 Å². The van der Waals surface area contributed by atoms with Gasteiger partial charge in [0.15, 0.2) is 0 Å². The minimum absolute atomic E-state index is 0.538. The summed E-state index contributed by atoms with van der Waals surface area (Å²) in [6.45, 7) is 4.79. The summed E-state index contributed by atoms with van der Waals surface area (Å²) < 4.78 is 11.6. The van der Waals surface area contributed by atoms with Crippen molar-refractivity contribution in [3.05, 3.63) is 40.5 Å². The van der Waals surface area contributed by atoms with Gasteiger partial charge in [0.25, 0.3) is 0 Å². The van der Waals surface area contributed by atoms with Crippen LogP contribution in [0.2, 0.25) is 5.02 Å². The van der Waals surface area contributed by atoms with E-state index in [1.807, 2.05) is 0 Å². The van der Waals surface area contributed by atoms with Crippen LogP contribution in [0.5, 0.6) is 0 Å². The van der Waals surface area contributed by atoms with Gasteiger partial charge in [-0.2, -0.15) is 0 Å². The number of benzene rings is 1. The molecule has 2 N–H and O–H groups in total. The Hall–Kier alpha value is -0.930. The van der Waals surface area contributed by atoms with Crippen LogP contribution < -0.4 is 0 Å². The molecule has 0 aliphatic heterocycles. The lowest BCUT2D eigenvalue weighted by Crippen LogP contribution is -2.19. The summed E-state index contributed by atoms with van der Waals surface area (Å²) in [4.78, 5) is 23.4. The van der Waals surface area contributed by atoms with Crippen molar-refractivity contribution in [2.75, 3.05) is 0 Å². The second kappa shape index (κ2) is 4.57. The summed E-state index contributed by atoms with van der Waals surface area (Å²) in [6, 6.07) is 7.02. The molecule has 0 aliphatic rings. The number of nitrogens with zero attached hydrogens (tertiary/aromatic N) is 1. The number of aryl methyl sites for hydroxylation is 1. The monoisotopic (exact) mass is 299 g/mol. The molecule has 1 aromatic heterocycles. The number of rotatable bonds is 2. The van der Waals surface area contributed by atoms with E-state index in [1.165, 1.54) is 13.8 Å². The van der Waals surface area contributed by atoms with Crippen molar-refractivity contribution in [1.29, 1.82) is 0 Å². The van der Waals surface area contributed by atoms with E-state index in [0.29, 0.717) is 16.3 Å². The fraction of sp³-hybridized carbons (Fsp3) is 0.308. The van der Waals surface area contributed by atoms with Gasteiger partial charge in [0.2, 0.25) is 0 Å². The Balaban J connectivity index is 2.74. The van der Waals surface area contributed by atoms with Crippen molar-refractivity contribution < 1.29 is 14.4 Å². The highest BCUT2D eigenvalue weighted by atomic mass is 35.5. The Kier molecular flexibility index (Phi) is 3.48. The minimum atomic E-state index is -4.28. The highest BCUT2D eigenvalue weighted by Gasteiger charge is 2.40. The van der Waals surface area contributed by atoms with Gasteiger partial charge in [-0.1, -0.05) is 11.6 Å². The quantitative estimate of drug-likeness (QED) is 0.831. The molecule has 102 valence electrons. The Labute approximate surface area is 116 Å². The number of halogens is 1. The SMILES string of the molecule is Cc1nc2ccc(Cl)cc2cc1C(C)(C)P(=O)(O)O. The standard InChI is InChI=1S/C13H15ClNO3P/c1-8-11(13(2,3)19(16,17)18)7-9-6-10(14)4-5-12(9)15-8/h4-7H,1-3H3,(H2,16,17,18). The topological polar surface area (TPSA) is 70.4 Å². The first kappa shape index (κ1) is 14.5. The number of pyridine rings is 1.